The summed E-state index contributed by atoms with van der Waals surface area (Å²) in [6.45, 7) is 0.736. The molecule has 2 aromatic rings. The van der Waals surface area contributed by atoms with Gasteiger partial charge in [0.1, 0.15) is 5.82 Å². The van der Waals surface area contributed by atoms with Crippen LogP contribution in [0.2, 0.25) is 5.02 Å². The van der Waals surface area contributed by atoms with E-state index in [2.05, 4.69) is 5.32 Å². The Bertz CT molecular complexity index is 747. The molecule has 0 aromatic heterocycles. The zero-order chi connectivity index (χ0) is 17.1. The number of carbonyl (C=O) groups excluding carboxylic acids is 2. The van der Waals surface area contributed by atoms with E-state index in [0.717, 1.165) is 5.56 Å². The second-order valence-corrected chi connectivity index (χ2v) is 6.23. The number of nitrogens with one attached hydrogen (secondary N) is 1. The van der Waals surface area contributed by atoms with E-state index < -0.39 is 5.92 Å². The molecule has 1 heterocycles. The lowest BCUT2D eigenvalue weighted by atomic mass is 10.1. The van der Waals surface area contributed by atoms with Crippen molar-refractivity contribution in [2.75, 3.05) is 11.9 Å². The van der Waals surface area contributed by atoms with Crippen LogP contribution in [-0.2, 0) is 16.1 Å². The van der Waals surface area contributed by atoms with Crippen molar-refractivity contribution in [2.24, 2.45) is 5.92 Å². The van der Waals surface area contributed by atoms with Crippen molar-refractivity contribution in [3.05, 3.63) is 64.9 Å². The Morgan fingerprint density at radius 1 is 1.17 bits per heavy atom. The van der Waals surface area contributed by atoms with E-state index in [1.165, 1.54) is 12.1 Å². The van der Waals surface area contributed by atoms with Crippen molar-refractivity contribution in [2.45, 2.75) is 13.0 Å². The van der Waals surface area contributed by atoms with Crippen molar-refractivity contribution >= 4 is 29.1 Å². The van der Waals surface area contributed by atoms with Gasteiger partial charge in [-0.15, -0.1) is 0 Å². The first-order chi connectivity index (χ1) is 11.5. The molecule has 1 saturated heterocycles. The van der Waals surface area contributed by atoms with Crippen molar-refractivity contribution in [3.63, 3.8) is 0 Å². The molecule has 0 saturated carbocycles. The minimum absolute atomic E-state index is 0.0735. The van der Waals surface area contributed by atoms with Gasteiger partial charge in [-0.05, 0) is 42.0 Å². The molecule has 4 nitrogen and oxygen atoms in total. The van der Waals surface area contributed by atoms with Gasteiger partial charge in [-0.25, -0.2) is 4.39 Å². The van der Waals surface area contributed by atoms with Crippen LogP contribution in [0.15, 0.2) is 48.5 Å². The van der Waals surface area contributed by atoms with E-state index in [1.807, 2.05) is 0 Å². The average molecular weight is 347 g/mol. The fraction of sp³-hybridized carbons (Fsp3) is 0.222. The Kier molecular flexibility index (Phi) is 4.81. The van der Waals surface area contributed by atoms with E-state index in [9.17, 15) is 14.0 Å². The third kappa shape index (κ3) is 3.92. The average Bonchev–Trinajstić information content (AvgIpc) is 2.93. The van der Waals surface area contributed by atoms with E-state index in [1.54, 1.807) is 41.3 Å². The van der Waals surface area contributed by atoms with Gasteiger partial charge in [0.25, 0.3) is 0 Å². The number of carbonyl (C=O) groups is 2. The maximum atomic E-state index is 12.9. The number of hydrogen-bond donors (Lipinski definition) is 1. The van der Waals surface area contributed by atoms with Gasteiger partial charge < -0.3 is 10.2 Å². The summed E-state index contributed by atoms with van der Waals surface area (Å²) >= 11 is 5.81. The molecule has 24 heavy (non-hydrogen) atoms. The van der Waals surface area contributed by atoms with E-state index in [0.29, 0.717) is 23.8 Å². The molecule has 2 amide bonds. The second kappa shape index (κ2) is 7.01. The van der Waals surface area contributed by atoms with Crippen LogP contribution in [0.1, 0.15) is 12.0 Å². The number of anilines is 1. The van der Waals surface area contributed by atoms with Crippen LogP contribution in [0.5, 0.6) is 0 Å². The van der Waals surface area contributed by atoms with Crippen molar-refractivity contribution in [3.8, 4) is 0 Å². The topological polar surface area (TPSA) is 49.4 Å². The second-order valence-electron chi connectivity index (χ2n) is 5.80. The normalized spacial score (nSPS) is 17.2. The summed E-state index contributed by atoms with van der Waals surface area (Å²) in [5.41, 5.74) is 1.48. The molecule has 0 unspecified atom stereocenters. The van der Waals surface area contributed by atoms with E-state index in [4.69, 9.17) is 11.6 Å². The van der Waals surface area contributed by atoms with Gasteiger partial charge in [0.05, 0.1) is 5.92 Å². The number of benzene rings is 2. The predicted octanol–water partition coefficient (Wildman–Crippen LogP) is 3.47. The molecule has 6 heteroatoms. The van der Waals surface area contributed by atoms with Gasteiger partial charge in [0.15, 0.2) is 0 Å². The summed E-state index contributed by atoms with van der Waals surface area (Å²) in [6.07, 6.45) is 0.181. The van der Waals surface area contributed by atoms with Gasteiger partial charge in [0.2, 0.25) is 11.8 Å². The molecule has 0 aliphatic carbocycles. The van der Waals surface area contributed by atoms with Crippen LogP contribution < -0.4 is 5.32 Å². The molecular weight excluding hydrogens is 331 g/mol. The Morgan fingerprint density at radius 2 is 1.83 bits per heavy atom. The Labute approximate surface area is 144 Å². The van der Waals surface area contributed by atoms with Crippen molar-refractivity contribution in [1.29, 1.82) is 0 Å². The van der Waals surface area contributed by atoms with Crippen LogP contribution >= 0.6 is 11.6 Å². The number of rotatable bonds is 4. The standard InChI is InChI=1S/C18H16ClFN2O2/c19-14-3-7-16(8-4-14)21-18(24)13-9-17(23)22(11-13)10-12-1-5-15(20)6-2-12/h1-8,13H,9-11H2,(H,21,24)/t13-/m1/s1. The minimum Gasteiger partial charge on any atom is -0.338 e. The lowest BCUT2D eigenvalue weighted by Gasteiger charge is -2.16. The first-order valence-corrected chi connectivity index (χ1v) is 7.98. The van der Waals surface area contributed by atoms with Crippen LogP contribution in [0, 0.1) is 11.7 Å². The molecule has 1 fully saturated rings. The molecule has 2 aromatic carbocycles. The molecule has 0 spiro atoms. The van der Waals surface area contributed by atoms with Gasteiger partial charge in [-0.2, -0.15) is 0 Å². The van der Waals surface area contributed by atoms with Gasteiger partial charge in [-0.3, -0.25) is 9.59 Å². The predicted molar refractivity (Wildman–Crippen MR) is 90.0 cm³/mol. The lowest BCUT2D eigenvalue weighted by molar-refractivity contribution is -0.128. The molecule has 0 radical (unpaired) electrons. The quantitative estimate of drug-likeness (QED) is 0.921. The number of hydrogen-bond acceptors (Lipinski definition) is 2. The van der Waals surface area contributed by atoms with E-state index in [-0.39, 0.29) is 24.1 Å². The molecule has 1 N–H and O–H groups in total. The summed E-state index contributed by atoms with van der Waals surface area (Å²) in [5.74, 6) is -0.969. The maximum absolute atomic E-state index is 12.9. The first-order valence-electron chi connectivity index (χ1n) is 7.60. The number of nitrogens with zero attached hydrogens (tertiary/aromatic N) is 1. The summed E-state index contributed by atoms with van der Waals surface area (Å²) in [7, 11) is 0. The summed E-state index contributed by atoms with van der Waals surface area (Å²) < 4.78 is 12.9. The van der Waals surface area contributed by atoms with Crippen LogP contribution in [0.4, 0.5) is 10.1 Å². The fourth-order valence-electron chi connectivity index (χ4n) is 2.69. The van der Waals surface area contributed by atoms with Gasteiger partial charge in [0, 0.05) is 30.2 Å². The van der Waals surface area contributed by atoms with Gasteiger partial charge in [-0.1, -0.05) is 23.7 Å². The highest BCUT2D eigenvalue weighted by Gasteiger charge is 2.34. The van der Waals surface area contributed by atoms with Crippen LogP contribution in [-0.4, -0.2) is 23.3 Å². The molecule has 1 atom stereocenters. The summed E-state index contributed by atoms with van der Waals surface area (Å²) in [4.78, 5) is 26.1. The summed E-state index contributed by atoms with van der Waals surface area (Å²) in [5, 5.41) is 3.39. The van der Waals surface area contributed by atoms with Crippen LogP contribution in [0.25, 0.3) is 0 Å². The zero-order valence-corrected chi connectivity index (χ0v) is 13.6. The van der Waals surface area contributed by atoms with Crippen LogP contribution in [0.3, 0.4) is 0 Å². The monoisotopic (exact) mass is 346 g/mol. The Morgan fingerprint density at radius 3 is 2.50 bits per heavy atom. The van der Waals surface area contributed by atoms with E-state index >= 15 is 0 Å². The third-order valence-corrected chi connectivity index (χ3v) is 4.24. The summed E-state index contributed by atoms with van der Waals surface area (Å²) in [6, 6.07) is 12.8. The third-order valence-electron chi connectivity index (χ3n) is 3.98. The fourth-order valence-corrected chi connectivity index (χ4v) is 2.81. The van der Waals surface area contributed by atoms with Crippen molar-refractivity contribution in [1.82, 2.24) is 4.90 Å². The largest absolute Gasteiger partial charge is 0.338 e. The van der Waals surface area contributed by atoms with Gasteiger partial charge >= 0.3 is 0 Å². The maximum Gasteiger partial charge on any atom is 0.229 e. The lowest BCUT2D eigenvalue weighted by Crippen LogP contribution is -2.28. The number of likely N-dealkylation sites (tertiary alicyclic amines) is 1. The SMILES string of the molecule is O=C(Nc1ccc(Cl)cc1)[C@@H]1CC(=O)N(Cc2ccc(F)cc2)C1. The highest BCUT2D eigenvalue weighted by atomic mass is 35.5. The molecular formula is C18H16ClFN2O2. The zero-order valence-electron chi connectivity index (χ0n) is 12.8. The highest BCUT2D eigenvalue weighted by Crippen LogP contribution is 2.22. The molecule has 1 aliphatic heterocycles. The molecule has 1 aliphatic rings. The smallest absolute Gasteiger partial charge is 0.229 e. The molecule has 0 bridgehead atoms. The number of halogens is 2. The Hall–Kier alpha value is -2.40. The van der Waals surface area contributed by atoms with Crippen molar-refractivity contribution < 1.29 is 14.0 Å². The molecule has 124 valence electrons. The number of amides is 2. The highest BCUT2D eigenvalue weighted by molar-refractivity contribution is 6.30. The Balaban J connectivity index is 1.60. The molecule has 3 rings (SSSR count). The first kappa shape index (κ1) is 16.5. The minimum atomic E-state index is -0.395.